The van der Waals surface area contributed by atoms with Gasteiger partial charge in [0.2, 0.25) is 0 Å². The van der Waals surface area contributed by atoms with E-state index in [-0.39, 0.29) is 0 Å². The lowest BCUT2D eigenvalue weighted by Crippen LogP contribution is -2.00. The topological polar surface area (TPSA) is 54.5 Å². The van der Waals surface area contributed by atoms with Crippen LogP contribution in [-0.4, -0.2) is 14.5 Å². The first kappa shape index (κ1) is 12.4. The van der Waals surface area contributed by atoms with Crippen LogP contribution in [-0.2, 0) is 6.54 Å². The van der Waals surface area contributed by atoms with Crippen LogP contribution in [0.4, 0.5) is 0 Å². The molecular weight excluding hydrogens is 248 g/mol. The molecule has 0 aliphatic heterocycles. The molecule has 3 rings (SSSR count). The van der Waals surface area contributed by atoms with Crippen molar-refractivity contribution < 1.29 is 0 Å². The van der Waals surface area contributed by atoms with Crippen LogP contribution in [0.2, 0.25) is 0 Å². The average molecular weight is 262 g/mol. The van der Waals surface area contributed by atoms with E-state index in [1.807, 2.05) is 36.4 Å². The SMILES string of the molecule is CCCn1c(-c2ccccn2)nc2cc(C#N)ccc21. The first-order valence-corrected chi connectivity index (χ1v) is 6.65. The number of fused-ring (bicyclic) bond motifs is 1. The smallest absolute Gasteiger partial charge is 0.159 e. The van der Waals surface area contributed by atoms with E-state index in [0.717, 1.165) is 35.5 Å². The standard InChI is InChI=1S/C16H14N4/c1-2-9-20-15-7-6-12(11-17)10-14(15)19-16(20)13-5-3-4-8-18-13/h3-8,10H,2,9H2,1H3. The van der Waals surface area contributed by atoms with Crippen LogP contribution < -0.4 is 0 Å². The zero-order valence-electron chi connectivity index (χ0n) is 11.2. The van der Waals surface area contributed by atoms with Crippen molar-refractivity contribution in [3.8, 4) is 17.6 Å². The summed E-state index contributed by atoms with van der Waals surface area (Å²) in [6.45, 7) is 3.02. The van der Waals surface area contributed by atoms with E-state index < -0.39 is 0 Å². The fourth-order valence-electron chi connectivity index (χ4n) is 2.34. The van der Waals surface area contributed by atoms with Gasteiger partial charge in [-0.1, -0.05) is 13.0 Å². The fourth-order valence-corrected chi connectivity index (χ4v) is 2.34. The van der Waals surface area contributed by atoms with Crippen molar-refractivity contribution in [2.75, 3.05) is 0 Å². The Labute approximate surface area is 117 Å². The molecule has 20 heavy (non-hydrogen) atoms. The maximum atomic E-state index is 9.00. The Morgan fingerprint density at radius 3 is 2.85 bits per heavy atom. The molecule has 4 nitrogen and oxygen atoms in total. The molecular formula is C16H14N4. The van der Waals surface area contributed by atoms with Crippen LogP contribution in [0.1, 0.15) is 18.9 Å². The molecule has 0 spiro atoms. The average Bonchev–Trinajstić information content (AvgIpc) is 2.86. The predicted octanol–water partition coefficient (Wildman–Crippen LogP) is 3.38. The molecule has 0 atom stereocenters. The minimum atomic E-state index is 0.631. The van der Waals surface area contributed by atoms with Gasteiger partial charge < -0.3 is 4.57 Å². The van der Waals surface area contributed by atoms with Gasteiger partial charge in [0.25, 0.3) is 0 Å². The molecule has 2 heterocycles. The number of benzene rings is 1. The van der Waals surface area contributed by atoms with Crippen LogP contribution in [0, 0.1) is 11.3 Å². The first-order valence-electron chi connectivity index (χ1n) is 6.65. The van der Waals surface area contributed by atoms with Gasteiger partial charge in [0.05, 0.1) is 22.7 Å². The second kappa shape index (κ2) is 5.14. The number of hydrogen-bond donors (Lipinski definition) is 0. The second-order valence-electron chi connectivity index (χ2n) is 4.62. The van der Waals surface area contributed by atoms with Crippen molar-refractivity contribution in [1.29, 1.82) is 5.26 Å². The summed E-state index contributed by atoms with van der Waals surface area (Å²) in [5.41, 5.74) is 3.38. The number of aryl methyl sites for hydroxylation is 1. The Hall–Kier alpha value is -2.67. The quantitative estimate of drug-likeness (QED) is 0.727. The lowest BCUT2D eigenvalue weighted by atomic mass is 10.2. The maximum Gasteiger partial charge on any atom is 0.159 e. The zero-order chi connectivity index (χ0) is 13.9. The molecule has 0 saturated carbocycles. The number of aromatic nitrogens is 3. The monoisotopic (exact) mass is 262 g/mol. The van der Waals surface area contributed by atoms with Crippen molar-refractivity contribution in [1.82, 2.24) is 14.5 Å². The minimum absolute atomic E-state index is 0.631. The maximum absolute atomic E-state index is 9.00. The van der Waals surface area contributed by atoms with Crippen LogP contribution in [0.25, 0.3) is 22.6 Å². The summed E-state index contributed by atoms with van der Waals surface area (Å²) in [5.74, 6) is 0.859. The van der Waals surface area contributed by atoms with Crippen molar-refractivity contribution in [2.45, 2.75) is 19.9 Å². The van der Waals surface area contributed by atoms with E-state index in [1.165, 1.54) is 0 Å². The van der Waals surface area contributed by atoms with E-state index in [4.69, 9.17) is 5.26 Å². The summed E-state index contributed by atoms with van der Waals surface area (Å²) in [5, 5.41) is 9.00. The normalized spacial score (nSPS) is 10.6. The molecule has 3 aromatic rings. The van der Waals surface area contributed by atoms with Gasteiger partial charge in [-0.3, -0.25) is 4.98 Å². The molecule has 98 valence electrons. The minimum Gasteiger partial charge on any atom is -0.323 e. The van der Waals surface area contributed by atoms with E-state index in [0.29, 0.717) is 5.56 Å². The highest BCUT2D eigenvalue weighted by molar-refractivity contribution is 5.81. The summed E-state index contributed by atoms with van der Waals surface area (Å²) in [7, 11) is 0. The molecule has 0 radical (unpaired) electrons. The summed E-state index contributed by atoms with van der Waals surface area (Å²) in [4.78, 5) is 9.04. The first-order chi connectivity index (χ1) is 9.83. The number of imidazole rings is 1. The molecule has 0 aliphatic carbocycles. The Morgan fingerprint density at radius 2 is 2.15 bits per heavy atom. The van der Waals surface area contributed by atoms with Crippen LogP contribution >= 0.6 is 0 Å². The van der Waals surface area contributed by atoms with Crippen molar-refractivity contribution in [2.24, 2.45) is 0 Å². The molecule has 0 amide bonds. The molecule has 0 saturated heterocycles. The summed E-state index contributed by atoms with van der Waals surface area (Å²) >= 11 is 0. The van der Waals surface area contributed by atoms with Gasteiger partial charge in [0, 0.05) is 12.7 Å². The molecule has 0 fully saturated rings. The van der Waals surface area contributed by atoms with Crippen molar-refractivity contribution >= 4 is 11.0 Å². The van der Waals surface area contributed by atoms with Gasteiger partial charge in [-0.05, 0) is 36.8 Å². The third-order valence-electron chi connectivity index (χ3n) is 3.22. The Balaban J connectivity index is 2.26. The summed E-state index contributed by atoms with van der Waals surface area (Å²) in [6.07, 6.45) is 2.79. The highest BCUT2D eigenvalue weighted by atomic mass is 15.1. The highest BCUT2D eigenvalue weighted by Gasteiger charge is 2.13. The Morgan fingerprint density at radius 1 is 1.25 bits per heavy atom. The van der Waals surface area contributed by atoms with E-state index in [9.17, 15) is 0 Å². The molecule has 0 bridgehead atoms. The lowest BCUT2D eigenvalue weighted by Gasteiger charge is -2.06. The van der Waals surface area contributed by atoms with Gasteiger partial charge in [-0.25, -0.2) is 4.98 Å². The van der Waals surface area contributed by atoms with E-state index >= 15 is 0 Å². The van der Waals surface area contributed by atoms with Crippen LogP contribution in [0.3, 0.4) is 0 Å². The lowest BCUT2D eigenvalue weighted by molar-refractivity contribution is 0.702. The van der Waals surface area contributed by atoms with Gasteiger partial charge in [-0.2, -0.15) is 5.26 Å². The fraction of sp³-hybridized carbons (Fsp3) is 0.188. The molecule has 1 aromatic carbocycles. The number of hydrogen-bond acceptors (Lipinski definition) is 3. The summed E-state index contributed by atoms with van der Waals surface area (Å²) in [6, 6.07) is 13.6. The number of rotatable bonds is 3. The zero-order valence-corrected chi connectivity index (χ0v) is 11.2. The second-order valence-corrected chi connectivity index (χ2v) is 4.62. The van der Waals surface area contributed by atoms with Crippen LogP contribution in [0.5, 0.6) is 0 Å². The van der Waals surface area contributed by atoms with Gasteiger partial charge in [0.15, 0.2) is 5.82 Å². The third kappa shape index (κ3) is 2.04. The molecule has 0 unspecified atom stereocenters. The summed E-state index contributed by atoms with van der Waals surface area (Å²) < 4.78 is 2.17. The van der Waals surface area contributed by atoms with E-state index in [2.05, 4.69) is 27.5 Å². The van der Waals surface area contributed by atoms with Crippen LogP contribution in [0.15, 0.2) is 42.6 Å². The van der Waals surface area contributed by atoms with Crippen molar-refractivity contribution in [3.63, 3.8) is 0 Å². The Bertz CT molecular complexity index is 781. The Kier molecular flexibility index (Phi) is 3.18. The molecule has 0 aliphatic rings. The van der Waals surface area contributed by atoms with Gasteiger partial charge >= 0.3 is 0 Å². The van der Waals surface area contributed by atoms with E-state index in [1.54, 1.807) is 6.20 Å². The van der Waals surface area contributed by atoms with Crippen molar-refractivity contribution in [3.05, 3.63) is 48.2 Å². The molecule has 2 aromatic heterocycles. The predicted molar refractivity (Wildman–Crippen MR) is 78.0 cm³/mol. The largest absolute Gasteiger partial charge is 0.323 e. The number of pyridine rings is 1. The number of nitrogens with zero attached hydrogens (tertiary/aromatic N) is 4. The van der Waals surface area contributed by atoms with Gasteiger partial charge in [0.1, 0.15) is 5.69 Å². The molecule has 0 N–H and O–H groups in total. The third-order valence-corrected chi connectivity index (χ3v) is 3.22. The highest BCUT2D eigenvalue weighted by Crippen LogP contribution is 2.24. The molecule has 4 heteroatoms. The number of nitriles is 1. The van der Waals surface area contributed by atoms with Gasteiger partial charge in [-0.15, -0.1) is 0 Å².